The smallest absolute Gasteiger partial charge is 0.0678 e. The molecule has 0 bridgehead atoms. The minimum atomic E-state index is 0.147. The van der Waals surface area contributed by atoms with Crippen molar-refractivity contribution in [3.63, 3.8) is 0 Å². The van der Waals surface area contributed by atoms with E-state index in [1.807, 2.05) is 0 Å². The summed E-state index contributed by atoms with van der Waals surface area (Å²) in [6.45, 7) is 10.8. The highest BCUT2D eigenvalue weighted by Gasteiger charge is 2.25. The highest BCUT2D eigenvalue weighted by Crippen LogP contribution is 2.25. The number of hydrogen-bond donors (Lipinski definition) is 0. The first-order chi connectivity index (χ1) is 5.10. The Kier molecular flexibility index (Phi) is 4.74. The molecular formula is C10H22O. The third-order valence-electron chi connectivity index (χ3n) is 2.42. The van der Waals surface area contributed by atoms with Gasteiger partial charge in [-0.05, 0) is 33.1 Å². The van der Waals surface area contributed by atoms with Gasteiger partial charge in [-0.15, -0.1) is 0 Å². The van der Waals surface area contributed by atoms with Crippen LogP contribution < -0.4 is 0 Å². The van der Waals surface area contributed by atoms with Gasteiger partial charge in [0.25, 0.3) is 0 Å². The lowest BCUT2D eigenvalue weighted by atomic mass is 9.94. The van der Waals surface area contributed by atoms with Crippen molar-refractivity contribution in [1.29, 1.82) is 0 Å². The van der Waals surface area contributed by atoms with Gasteiger partial charge in [-0.25, -0.2) is 0 Å². The fourth-order valence-electron chi connectivity index (χ4n) is 1.50. The van der Waals surface area contributed by atoms with Crippen molar-refractivity contribution >= 4 is 0 Å². The molecule has 0 aromatic rings. The Morgan fingerprint density at radius 1 is 1.00 bits per heavy atom. The maximum Gasteiger partial charge on any atom is 0.0678 e. The molecule has 0 unspecified atom stereocenters. The van der Waals surface area contributed by atoms with Crippen LogP contribution in [0.1, 0.15) is 53.9 Å². The van der Waals surface area contributed by atoms with Crippen molar-refractivity contribution in [2.75, 3.05) is 0 Å². The summed E-state index contributed by atoms with van der Waals surface area (Å²) in [5.74, 6) is 0. The molecule has 1 nitrogen and oxygen atoms in total. The molecule has 0 N–H and O–H groups in total. The highest BCUT2D eigenvalue weighted by molar-refractivity contribution is 4.76. The zero-order valence-electron chi connectivity index (χ0n) is 8.61. The molecule has 0 aliphatic carbocycles. The van der Waals surface area contributed by atoms with Crippen molar-refractivity contribution in [3.8, 4) is 0 Å². The van der Waals surface area contributed by atoms with E-state index >= 15 is 0 Å². The third kappa shape index (κ3) is 3.24. The molecule has 0 aromatic heterocycles. The van der Waals surface area contributed by atoms with Gasteiger partial charge in [-0.2, -0.15) is 0 Å². The second kappa shape index (κ2) is 4.76. The summed E-state index contributed by atoms with van der Waals surface area (Å²) >= 11 is 0. The lowest BCUT2D eigenvalue weighted by molar-refractivity contribution is -0.0873. The van der Waals surface area contributed by atoms with Crippen LogP contribution in [0.3, 0.4) is 0 Å². The van der Waals surface area contributed by atoms with Crippen LogP contribution in [-0.4, -0.2) is 11.7 Å². The Balaban J connectivity index is 4.05. The summed E-state index contributed by atoms with van der Waals surface area (Å²) < 4.78 is 5.89. The first kappa shape index (κ1) is 11.0. The molecule has 0 aliphatic rings. The summed E-state index contributed by atoms with van der Waals surface area (Å²) in [5.41, 5.74) is 0.147. The molecule has 0 rings (SSSR count). The van der Waals surface area contributed by atoms with E-state index in [1.54, 1.807) is 0 Å². The van der Waals surface area contributed by atoms with Crippen LogP contribution in [-0.2, 0) is 4.74 Å². The van der Waals surface area contributed by atoms with Crippen molar-refractivity contribution in [2.24, 2.45) is 0 Å². The lowest BCUT2D eigenvalue weighted by Gasteiger charge is -2.32. The SMILES string of the molecule is CCC(CC)(CC)OC(C)C. The van der Waals surface area contributed by atoms with E-state index in [4.69, 9.17) is 4.74 Å². The van der Waals surface area contributed by atoms with Crippen molar-refractivity contribution in [1.82, 2.24) is 0 Å². The summed E-state index contributed by atoms with van der Waals surface area (Å²) in [7, 11) is 0. The minimum Gasteiger partial charge on any atom is -0.372 e. The van der Waals surface area contributed by atoms with Crippen LogP contribution in [0.2, 0.25) is 0 Å². The van der Waals surface area contributed by atoms with Crippen LogP contribution >= 0.6 is 0 Å². The normalized spacial score (nSPS) is 12.5. The molecule has 0 radical (unpaired) electrons. The van der Waals surface area contributed by atoms with Gasteiger partial charge in [0, 0.05) is 0 Å². The summed E-state index contributed by atoms with van der Waals surface area (Å²) in [6, 6.07) is 0. The van der Waals surface area contributed by atoms with Crippen LogP contribution in [0.25, 0.3) is 0 Å². The van der Waals surface area contributed by atoms with Gasteiger partial charge in [-0.1, -0.05) is 20.8 Å². The first-order valence-electron chi connectivity index (χ1n) is 4.78. The molecule has 0 saturated carbocycles. The van der Waals surface area contributed by atoms with Gasteiger partial charge >= 0.3 is 0 Å². The van der Waals surface area contributed by atoms with Crippen molar-refractivity contribution in [3.05, 3.63) is 0 Å². The molecule has 0 aromatic carbocycles. The average Bonchev–Trinajstić information content (AvgIpc) is 2.00. The Labute approximate surface area is 71.1 Å². The predicted molar refractivity (Wildman–Crippen MR) is 49.8 cm³/mol. The van der Waals surface area contributed by atoms with Crippen molar-refractivity contribution in [2.45, 2.75) is 65.6 Å². The van der Waals surface area contributed by atoms with Gasteiger partial charge in [-0.3, -0.25) is 0 Å². The molecule has 11 heavy (non-hydrogen) atoms. The predicted octanol–water partition coefficient (Wildman–Crippen LogP) is 3.38. The Bertz CT molecular complexity index is 84.8. The van der Waals surface area contributed by atoms with Crippen LogP contribution in [0.15, 0.2) is 0 Å². The number of ether oxygens (including phenoxy) is 1. The van der Waals surface area contributed by atoms with Gasteiger partial charge in [0.1, 0.15) is 0 Å². The maximum absolute atomic E-state index is 5.89. The van der Waals surface area contributed by atoms with E-state index in [0.717, 1.165) is 19.3 Å². The van der Waals surface area contributed by atoms with Gasteiger partial charge < -0.3 is 4.74 Å². The Hall–Kier alpha value is -0.0400. The minimum absolute atomic E-state index is 0.147. The first-order valence-corrected chi connectivity index (χ1v) is 4.78. The van der Waals surface area contributed by atoms with E-state index < -0.39 is 0 Å². The standard InChI is InChI=1S/C10H22O/c1-6-10(7-2,8-3)11-9(4)5/h9H,6-8H2,1-5H3. The average molecular weight is 158 g/mol. The maximum atomic E-state index is 5.89. The second-order valence-electron chi connectivity index (χ2n) is 3.41. The molecule has 0 atom stereocenters. The molecule has 0 aliphatic heterocycles. The molecule has 0 amide bonds. The molecule has 0 saturated heterocycles. The molecular weight excluding hydrogens is 136 g/mol. The fourth-order valence-corrected chi connectivity index (χ4v) is 1.50. The molecule has 68 valence electrons. The third-order valence-corrected chi connectivity index (χ3v) is 2.42. The largest absolute Gasteiger partial charge is 0.372 e. The zero-order chi connectivity index (χ0) is 8.91. The monoisotopic (exact) mass is 158 g/mol. The van der Waals surface area contributed by atoms with Gasteiger partial charge in [0.15, 0.2) is 0 Å². The Morgan fingerprint density at radius 3 is 1.45 bits per heavy atom. The van der Waals surface area contributed by atoms with Crippen LogP contribution in [0.5, 0.6) is 0 Å². The molecule has 1 heteroatoms. The highest BCUT2D eigenvalue weighted by atomic mass is 16.5. The zero-order valence-corrected chi connectivity index (χ0v) is 8.61. The second-order valence-corrected chi connectivity index (χ2v) is 3.41. The van der Waals surface area contributed by atoms with E-state index in [-0.39, 0.29) is 5.60 Å². The number of hydrogen-bond acceptors (Lipinski definition) is 1. The topological polar surface area (TPSA) is 9.23 Å². The molecule has 0 fully saturated rings. The van der Waals surface area contributed by atoms with E-state index in [1.165, 1.54) is 0 Å². The van der Waals surface area contributed by atoms with Gasteiger partial charge in [0.05, 0.1) is 11.7 Å². The summed E-state index contributed by atoms with van der Waals surface area (Å²) in [5, 5.41) is 0. The van der Waals surface area contributed by atoms with E-state index in [0.29, 0.717) is 6.10 Å². The van der Waals surface area contributed by atoms with Crippen LogP contribution in [0.4, 0.5) is 0 Å². The Morgan fingerprint density at radius 2 is 1.36 bits per heavy atom. The van der Waals surface area contributed by atoms with Crippen LogP contribution in [0, 0.1) is 0 Å². The quantitative estimate of drug-likeness (QED) is 0.596. The molecule has 0 spiro atoms. The molecule has 0 heterocycles. The summed E-state index contributed by atoms with van der Waals surface area (Å²) in [6.07, 6.45) is 3.73. The van der Waals surface area contributed by atoms with Gasteiger partial charge in [0.2, 0.25) is 0 Å². The van der Waals surface area contributed by atoms with E-state index in [9.17, 15) is 0 Å². The number of rotatable bonds is 5. The van der Waals surface area contributed by atoms with Crippen molar-refractivity contribution < 1.29 is 4.74 Å². The lowest BCUT2D eigenvalue weighted by Crippen LogP contribution is -2.32. The van der Waals surface area contributed by atoms with E-state index in [2.05, 4.69) is 34.6 Å². The fraction of sp³-hybridized carbons (Fsp3) is 1.00. The summed E-state index contributed by atoms with van der Waals surface area (Å²) in [4.78, 5) is 0.